The van der Waals surface area contributed by atoms with Gasteiger partial charge in [0, 0.05) is 31.8 Å². The summed E-state index contributed by atoms with van der Waals surface area (Å²) in [4.78, 5) is 13.5. The lowest BCUT2D eigenvalue weighted by atomic mass is 9.84. The third-order valence-corrected chi connectivity index (χ3v) is 19.0. The van der Waals surface area contributed by atoms with Crippen molar-refractivity contribution in [1.29, 1.82) is 0 Å². The second kappa shape index (κ2) is 10.7. The van der Waals surface area contributed by atoms with E-state index in [1.165, 1.54) is 0 Å². The highest BCUT2D eigenvalue weighted by molar-refractivity contribution is 6.82. The first-order valence-electron chi connectivity index (χ1n) is 14.4. The van der Waals surface area contributed by atoms with E-state index in [9.17, 15) is 9.90 Å². The minimum atomic E-state index is -2.05. The molecule has 3 heterocycles. The summed E-state index contributed by atoms with van der Waals surface area (Å²) in [5.74, 6) is -0.782. The van der Waals surface area contributed by atoms with Crippen LogP contribution in [0.5, 0.6) is 0 Å². The van der Waals surface area contributed by atoms with Gasteiger partial charge in [-0.05, 0) is 63.4 Å². The minimum Gasteiger partial charge on any atom is -0.478 e. The molecule has 0 radical (unpaired) electrons. The Morgan fingerprint density at radius 3 is 1.33 bits per heavy atom. The van der Waals surface area contributed by atoms with Crippen LogP contribution < -0.4 is 0 Å². The molecular formula is C28H54O5Si3. The second-order valence-electron chi connectivity index (χ2n) is 14.7. The van der Waals surface area contributed by atoms with Gasteiger partial charge in [0.1, 0.15) is 0 Å². The maximum absolute atomic E-state index is 13.5. The predicted molar refractivity (Wildman–Crippen MR) is 157 cm³/mol. The van der Waals surface area contributed by atoms with Crippen LogP contribution in [0.3, 0.4) is 0 Å². The van der Waals surface area contributed by atoms with Gasteiger partial charge >= 0.3 is 5.97 Å². The van der Waals surface area contributed by atoms with Crippen LogP contribution in [0.4, 0.5) is 0 Å². The van der Waals surface area contributed by atoms with Crippen LogP contribution in [0.25, 0.3) is 0 Å². The molecule has 0 aliphatic carbocycles. The number of ether oxygens (including phenoxy) is 3. The number of carboxylic acids is 1. The Morgan fingerprint density at radius 1 is 0.639 bits per heavy atom. The van der Waals surface area contributed by atoms with Crippen molar-refractivity contribution in [1.82, 2.24) is 0 Å². The van der Waals surface area contributed by atoms with Gasteiger partial charge in [0.05, 0.1) is 39.9 Å². The average molecular weight is 555 g/mol. The van der Waals surface area contributed by atoms with Gasteiger partial charge in [-0.3, -0.25) is 0 Å². The molecule has 36 heavy (non-hydrogen) atoms. The quantitative estimate of drug-likeness (QED) is 0.254. The Kier molecular flexibility index (Phi) is 9.02. The van der Waals surface area contributed by atoms with Gasteiger partial charge in [0.2, 0.25) is 0 Å². The molecule has 8 heteroatoms. The lowest BCUT2D eigenvalue weighted by molar-refractivity contribution is -0.134. The number of hydrogen-bond donors (Lipinski definition) is 1. The molecule has 0 bridgehead atoms. The second-order valence-corrected chi connectivity index (χ2v) is 30.7. The number of aliphatic carboxylic acids is 1. The topological polar surface area (TPSA) is 65.0 Å². The van der Waals surface area contributed by atoms with E-state index in [-0.39, 0.29) is 5.22 Å². The summed E-state index contributed by atoms with van der Waals surface area (Å²) in [6.07, 6.45) is 9.68. The van der Waals surface area contributed by atoms with Crippen LogP contribution in [0, 0.1) is 0 Å². The van der Waals surface area contributed by atoms with E-state index in [1.54, 1.807) is 0 Å². The molecule has 1 N–H and O–H groups in total. The van der Waals surface area contributed by atoms with Crippen LogP contribution in [0.15, 0.2) is 11.1 Å². The predicted octanol–water partition coefficient (Wildman–Crippen LogP) is 7.21. The zero-order valence-corrected chi connectivity index (χ0v) is 27.8. The number of hydrogen-bond acceptors (Lipinski definition) is 4. The zero-order valence-electron chi connectivity index (χ0n) is 24.8. The Labute approximate surface area is 223 Å². The summed E-state index contributed by atoms with van der Waals surface area (Å²) in [6, 6.07) is 0. The molecule has 3 aliphatic heterocycles. The van der Waals surface area contributed by atoms with E-state index in [4.69, 9.17) is 14.2 Å². The molecule has 3 unspecified atom stereocenters. The lowest BCUT2D eigenvalue weighted by Gasteiger charge is -2.58. The summed E-state index contributed by atoms with van der Waals surface area (Å²) in [5.41, 5.74) is 1.63. The average Bonchev–Trinajstić information content (AvgIpc) is 2.78. The van der Waals surface area contributed by atoms with E-state index in [1.807, 2.05) is 0 Å². The van der Waals surface area contributed by atoms with Crippen LogP contribution >= 0.6 is 0 Å². The molecule has 5 nitrogen and oxygen atoms in total. The summed E-state index contributed by atoms with van der Waals surface area (Å²) in [6.45, 7) is 23.5. The summed E-state index contributed by atoms with van der Waals surface area (Å²) in [5, 5.41) is 9.69. The number of carboxylic acid groups (broad SMARTS) is 1. The van der Waals surface area contributed by atoms with Gasteiger partial charge in [-0.2, -0.15) is 0 Å². The summed E-state index contributed by atoms with van der Waals surface area (Å²) < 4.78 is 20.6. The molecule has 3 fully saturated rings. The van der Waals surface area contributed by atoms with Gasteiger partial charge in [-0.1, -0.05) is 58.9 Å². The Hall–Kier alpha value is -0.259. The van der Waals surface area contributed by atoms with Gasteiger partial charge in [0.15, 0.2) is 0 Å². The maximum Gasteiger partial charge on any atom is 0.331 e. The van der Waals surface area contributed by atoms with E-state index in [0.717, 1.165) is 70.0 Å². The van der Waals surface area contributed by atoms with Gasteiger partial charge in [-0.25, -0.2) is 4.79 Å². The molecule has 3 atom stereocenters. The molecular weight excluding hydrogens is 501 g/mol. The van der Waals surface area contributed by atoms with Crippen molar-refractivity contribution in [3.63, 3.8) is 0 Å². The lowest BCUT2D eigenvalue weighted by Crippen LogP contribution is -2.69. The minimum absolute atomic E-state index is 0.366. The van der Waals surface area contributed by atoms with Crippen molar-refractivity contribution in [3.05, 3.63) is 11.1 Å². The zero-order chi connectivity index (χ0) is 27.0. The van der Waals surface area contributed by atoms with Crippen molar-refractivity contribution in [2.45, 2.75) is 139 Å². The van der Waals surface area contributed by atoms with Crippen LogP contribution in [-0.2, 0) is 19.0 Å². The van der Waals surface area contributed by atoms with E-state index >= 15 is 0 Å². The Morgan fingerprint density at radius 2 is 1.06 bits per heavy atom. The third kappa shape index (κ3) is 5.41. The standard InChI is InChI=1S/C28H54O5Si3/c1-34(2,3)26(16-10-13-19-31-26)22-23(25(29)30)24(27(35(4,5)6)17-11-14-20-32-27)28(36(7,8)9)18-12-15-21-33-28/h10-22H2,1-9H3,(H,29,30). The van der Waals surface area contributed by atoms with Crippen molar-refractivity contribution < 1.29 is 24.1 Å². The van der Waals surface area contributed by atoms with Gasteiger partial charge in [0.25, 0.3) is 0 Å². The number of rotatable bonds is 8. The number of carbonyl (C=O) groups is 1. The molecule has 0 aromatic rings. The highest BCUT2D eigenvalue weighted by atomic mass is 28.3. The first-order valence-corrected chi connectivity index (χ1v) is 24.9. The molecule has 3 rings (SSSR count). The molecule has 0 amide bonds. The Bertz CT molecular complexity index is 776. The largest absolute Gasteiger partial charge is 0.478 e. The first kappa shape index (κ1) is 30.3. The van der Waals surface area contributed by atoms with Crippen LogP contribution in [0.2, 0.25) is 58.9 Å². The van der Waals surface area contributed by atoms with E-state index in [2.05, 4.69) is 58.9 Å². The molecule has 208 valence electrons. The fourth-order valence-electron chi connectivity index (χ4n) is 7.14. The van der Waals surface area contributed by atoms with E-state index < -0.39 is 40.6 Å². The summed E-state index contributed by atoms with van der Waals surface area (Å²) in [7, 11) is -5.99. The maximum atomic E-state index is 13.5. The SMILES string of the molecule is C[Si](C)(C)C1(CC(C(=O)O)=C(C2([Si](C)(C)C)CCCCO2)C2([Si](C)(C)C)CCCCO2)CCCCO1. The van der Waals surface area contributed by atoms with Crippen molar-refractivity contribution in [2.24, 2.45) is 0 Å². The highest BCUT2D eigenvalue weighted by Crippen LogP contribution is 2.54. The monoisotopic (exact) mass is 554 g/mol. The fraction of sp³-hybridized carbons (Fsp3) is 0.893. The van der Waals surface area contributed by atoms with Gasteiger partial charge < -0.3 is 19.3 Å². The van der Waals surface area contributed by atoms with Crippen molar-refractivity contribution in [3.8, 4) is 0 Å². The molecule has 0 spiro atoms. The van der Waals surface area contributed by atoms with Crippen LogP contribution in [-0.4, -0.2) is 70.8 Å². The third-order valence-electron chi connectivity index (χ3n) is 9.52. The highest BCUT2D eigenvalue weighted by Gasteiger charge is 2.62. The molecule has 3 aliphatic rings. The molecule has 0 aromatic carbocycles. The fourth-order valence-corrected chi connectivity index (χ4v) is 14.6. The smallest absolute Gasteiger partial charge is 0.331 e. The van der Waals surface area contributed by atoms with Crippen LogP contribution in [0.1, 0.15) is 64.2 Å². The van der Waals surface area contributed by atoms with Gasteiger partial charge in [-0.15, -0.1) is 0 Å². The first-order chi connectivity index (χ1) is 16.5. The van der Waals surface area contributed by atoms with Crippen molar-refractivity contribution in [2.75, 3.05) is 19.8 Å². The van der Waals surface area contributed by atoms with Crippen molar-refractivity contribution >= 4 is 30.2 Å². The summed E-state index contributed by atoms with van der Waals surface area (Å²) >= 11 is 0. The molecule has 0 aromatic heterocycles. The normalized spacial score (nSPS) is 32.7. The molecule has 3 saturated heterocycles. The molecule has 0 saturated carbocycles. The van der Waals surface area contributed by atoms with E-state index in [0.29, 0.717) is 25.2 Å². The Balaban J connectivity index is 2.41.